The summed E-state index contributed by atoms with van der Waals surface area (Å²) in [5.41, 5.74) is 5.12. The molecule has 1 aliphatic rings. The first-order valence-electron chi connectivity index (χ1n) is 7.65. The molecule has 22 heavy (non-hydrogen) atoms. The van der Waals surface area contributed by atoms with Gasteiger partial charge < -0.3 is 14.8 Å². The van der Waals surface area contributed by atoms with Crippen molar-refractivity contribution in [2.24, 2.45) is 0 Å². The quantitative estimate of drug-likeness (QED) is 0.917. The molecule has 116 valence electrons. The highest BCUT2D eigenvalue weighted by Crippen LogP contribution is 2.27. The summed E-state index contributed by atoms with van der Waals surface area (Å²) in [6.45, 7) is 2.85. The summed E-state index contributed by atoms with van der Waals surface area (Å²) in [7, 11) is 3.33. The second-order valence-electron chi connectivity index (χ2n) is 5.63. The zero-order valence-electron chi connectivity index (χ0n) is 13.4. The van der Waals surface area contributed by atoms with Crippen LogP contribution < -0.4 is 14.8 Å². The molecule has 0 aliphatic heterocycles. The van der Waals surface area contributed by atoms with Gasteiger partial charge in [0.05, 0.1) is 14.2 Å². The molecule has 0 saturated heterocycles. The van der Waals surface area contributed by atoms with Gasteiger partial charge in [-0.25, -0.2) is 4.98 Å². The van der Waals surface area contributed by atoms with Gasteiger partial charge in [0.25, 0.3) is 0 Å². The molecule has 0 bridgehead atoms. The van der Waals surface area contributed by atoms with Crippen LogP contribution in [0.25, 0.3) is 0 Å². The lowest BCUT2D eigenvalue weighted by Gasteiger charge is -2.13. The number of fused-ring (bicyclic) bond motifs is 1. The van der Waals surface area contributed by atoms with Gasteiger partial charge in [-0.1, -0.05) is 0 Å². The molecule has 1 aliphatic carbocycles. The second kappa shape index (κ2) is 6.26. The van der Waals surface area contributed by atoms with Crippen molar-refractivity contribution in [3.8, 4) is 11.5 Å². The van der Waals surface area contributed by atoms with Crippen LogP contribution in [0.15, 0.2) is 24.3 Å². The number of aryl methyl sites for hydroxylation is 2. The van der Waals surface area contributed by atoms with Crippen LogP contribution in [0.1, 0.15) is 28.8 Å². The molecule has 0 atom stereocenters. The summed E-state index contributed by atoms with van der Waals surface area (Å²) >= 11 is 0. The molecule has 1 aromatic carbocycles. The van der Waals surface area contributed by atoms with E-state index < -0.39 is 0 Å². The van der Waals surface area contributed by atoms with Crippen molar-refractivity contribution in [2.45, 2.75) is 32.7 Å². The lowest BCUT2D eigenvalue weighted by Crippen LogP contribution is -2.05. The van der Waals surface area contributed by atoms with E-state index in [0.717, 1.165) is 29.3 Å². The highest BCUT2D eigenvalue weighted by molar-refractivity contribution is 5.48. The third-order valence-electron chi connectivity index (χ3n) is 4.23. The average molecular weight is 298 g/mol. The van der Waals surface area contributed by atoms with Crippen LogP contribution >= 0.6 is 0 Å². The normalized spacial score (nSPS) is 12.9. The van der Waals surface area contributed by atoms with Crippen molar-refractivity contribution in [1.82, 2.24) is 4.98 Å². The molecule has 1 N–H and O–H groups in total. The van der Waals surface area contributed by atoms with Gasteiger partial charge in [-0.05, 0) is 55.5 Å². The number of methoxy groups -OCH3 is 2. The fourth-order valence-corrected chi connectivity index (χ4v) is 3.02. The number of hydrogen-bond acceptors (Lipinski definition) is 4. The van der Waals surface area contributed by atoms with Crippen molar-refractivity contribution in [2.75, 3.05) is 19.5 Å². The first-order chi connectivity index (χ1) is 10.7. The van der Waals surface area contributed by atoms with Crippen molar-refractivity contribution >= 4 is 5.82 Å². The lowest BCUT2D eigenvalue weighted by atomic mass is 10.1. The number of anilines is 1. The van der Waals surface area contributed by atoms with E-state index in [1.54, 1.807) is 14.2 Å². The summed E-state index contributed by atoms with van der Waals surface area (Å²) in [6, 6.07) is 8.00. The molecule has 0 amide bonds. The van der Waals surface area contributed by atoms with Gasteiger partial charge in [-0.15, -0.1) is 0 Å². The minimum Gasteiger partial charge on any atom is -0.497 e. The fraction of sp³-hybridized carbons (Fsp3) is 0.389. The van der Waals surface area contributed by atoms with Crippen molar-refractivity contribution in [1.29, 1.82) is 0 Å². The van der Waals surface area contributed by atoms with E-state index in [1.165, 1.54) is 29.7 Å². The van der Waals surface area contributed by atoms with Crippen molar-refractivity contribution < 1.29 is 9.47 Å². The molecule has 0 radical (unpaired) electrons. The van der Waals surface area contributed by atoms with Gasteiger partial charge in [0, 0.05) is 23.9 Å². The van der Waals surface area contributed by atoms with E-state index in [9.17, 15) is 0 Å². The Kier molecular flexibility index (Phi) is 4.18. The molecule has 0 fully saturated rings. The maximum atomic E-state index is 5.43. The molecular weight excluding hydrogens is 276 g/mol. The number of benzene rings is 1. The van der Waals surface area contributed by atoms with E-state index in [-0.39, 0.29) is 0 Å². The zero-order valence-corrected chi connectivity index (χ0v) is 13.4. The summed E-state index contributed by atoms with van der Waals surface area (Å²) in [4.78, 5) is 4.74. The van der Waals surface area contributed by atoms with E-state index in [4.69, 9.17) is 14.5 Å². The van der Waals surface area contributed by atoms with Crippen LogP contribution in [0, 0.1) is 6.92 Å². The molecule has 2 aromatic rings. The largest absolute Gasteiger partial charge is 0.497 e. The molecule has 4 nitrogen and oxygen atoms in total. The van der Waals surface area contributed by atoms with Crippen molar-refractivity contribution in [3.63, 3.8) is 0 Å². The van der Waals surface area contributed by atoms with Crippen LogP contribution in [0.3, 0.4) is 0 Å². The number of nitrogens with zero attached hydrogens (tertiary/aromatic N) is 1. The van der Waals surface area contributed by atoms with E-state index >= 15 is 0 Å². The highest BCUT2D eigenvalue weighted by atomic mass is 16.5. The predicted molar refractivity (Wildman–Crippen MR) is 87.9 cm³/mol. The predicted octanol–water partition coefficient (Wildman–Crippen LogP) is 3.51. The van der Waals surface area contributed by atoms with Gasteiger partial charge in [0.2, 0.25) is 0 Å². The summed E-state index contributed by atoms with van der Waals surface area (Å²) in [5.74, 6) is 2.56. The third kappa shape index (κ3) is 2.86. The zero-order chi connectivity index (χ0) is 15.5. The Balaban J connectivity index is 1.77. The summed E-state index contributed by atoms with van der Waals surface area (Å²) in [5, 5.41) is 3.41. The monoisotopic (exact) mass is 298 g/mol. The number of rotatable bonds is 5. The topological polar surface area (TPSA) is 43.4 Å². The lowest BCUT2D eigenvalue weighted by molar-refractivity contribution is 0.391. The highest BCUT2D eigenvalue weighted by Gasteiger charge is 2.15. The van der Waals surface area contributed by atoms with E-state index in [0.29, 0.717) is 6.54 Å². The third-order valence-corrected chi connectivity index (χ3v) is 4.23. The SMILES string of the molecule is COc1ccc(CNc2cc(C)c3c(n2)CCC3)c(OC)c1. The molecule has 1 heterocycles. The van der Waals surface area contributed by atoms with Crippen LogP contribution in [0.4, 0.5) is 5.82 Å². The fourth-order valence-electron chi connectivity index (χ4n) is 3.02. The van der Waals surface area contributed by atoms with Gasteiger partial charge >= 0.3 is 0 Å². The number of hydrogen-bond donors (Lipinski definition) is 1. The van der Waals surface area contributed by atoms with Crippen molar-refractivity contribution in [3.05, 3.63) is 46.6 Å². The number of nitrogens with one attached hydrogen (secondary N) is 1. The summed E-state index contributed by atoms with van der Waals surface area (Å²) < 4.78 is 10.7. The number of aromatic nitrogens is 1. The minimum absolute atomic E-state index is 0.679. The number of ether oxygens (including phenoxy) is 2. The molecule has 0 saturated carbocycles. The van der Waals surface area contributed by atoms with E-state index in [2.05, 4.69) is 18.3 Å². The maximum Gasteiger partial charge on any atom is 0.127 e. The Hall–Kier alpha value is -2.23. The molecule has 0 spiro atoms. The summed E-state index contributed by atoms with van der Waals surface area (Å²) in [6.07, 6.45) is 3.48. The first-order valence-corrected chi connectivity index (χ1v) is 7.65. The number of pyridine rings is 1. The molecule has 3 rings (SSSR count). The maximum absolute atomic E-state index is 5.43. The molecular formula is C18H22N2O2. The average Bonchev–Trinajstić information content (AvgIpc) is 3.01. The Morgan fingerprint density at radius 3 is 2.77 bits per heavy atom. The van der Waals surface area contributed by atoms with E-state index in [1.807, 2.05) is 18.2 Å². The van der Waals surface area contributed by atoms with Crippen LogP contribution in [0.5, 0.6) is 11.5 Å². The standard InChI is InChI=1S/C18H22N2O2/c1-12-9-18(20-16-6-4-5-15(12)16)19-11-13-7-8-14(21-2)10-17(13)22-3/h7-10H,4-6,11H2,1-3H3,(H,19,20). The van der Waals surface area contributed by atoms with Gasteiger partial charge in [-0.2, -0.15) is 0 Å². The van der Waals surface area contributed by atoms with Crippen LogP contribution in [0.2, 0.25) is 0 Å². The van der Waals surface area contributed by atoms with Gasteiger partial charge in [0.1, 0.15) is 17.3 Å². The smallest absolute Gasteiger partial charge is 0.127 e. The van der Waals surface area contributed by atoms with Gasteiger partial charge in [0.15, 0.2) is 0 Å². The van der Waals surface area contributed by atoms with Crippen LogP contribution in [-0.2, 0) is 19.4 Å². The Morgan fingerprint density at radius 2 is 2.00 bits per heavy atom. The minimum atomic E-state index is 0.679. The Labute approximate surface area is 131 Å². The first kappa shape index (κ1) is 14.7. The molecule has 0 unspecified atom stereocenters. The molecule has 4 heteroatoms. The Morgan fingerprint density at radius 1 is 1.14 bits per heavy atom. The Bertz CT molecular complexity index is 683. The van der Waals surface area contributed by atoms with Crippen LogP contribution in [-0.4, -0.2) is 19.2 Å². The second-order valence-corrected chi connectivity index (χ2v) is 5.63. The van der Waals surface area contributed by atoms with Gasteiger partial charge in [-0.3, -0.25) is 0 Å². The molecule has 1 aromatic heterocycles.